The largest absolute Gasteiger partial charge is 0.341 e. The van der Waals surface area contributed by atoms with Crippen LogP contribution < -0.4 is 5.56 Å². The van der Waals surface area contributed by atoms with Crippen molar-refractivity contribution in [2.75, 3.05) is 0 Å². The molecule has 4 rings (SSSR count). The van der Waals surface area contributed by atoms with Gasteiger partial charge < -0.3 is 9.97 Å². The summed E-state index contributed by atoms with van der Waals surface area (Å²) in [4.78, 5) is 35.1. The van der Waals surface area contributed by atoms with Crippen molar-refractivity contribution in [3.8, 4) is 0 Å². The van der Waals surface area contributed by atoms with Gasteiger partial charge in [-0.1, -0.05) is 23.9 Å². The van der Waals surface area contributed by atoms with Crippen LogP contribution in [0.25, 0.3) is 22.1 Å². The maximum atomic E-state index is 12.2. The summed E-state index contributed by atoms with van der Waals surface area (Å²) in [6, 6.07) is 7.30. The molecule has 0 saturated heterocycles. The highest BCUT2D eigenvalue weighted by Gasteiger charge is 2.15. The Morgan fingerprint density at radius 1 is 1.17 bits per heavy atom. The van der Waals surface area contributed by atoms with Gasteiger partial charge in [0, 0.05) is 0 Å². The molecule has 0 spiro atoms. The van der Waals surface area contributed by atoms with E-state index in [0.717, 1.165) is 10.5 Å². The molecule has 0 amide bonds. The first-order valence-electron chi connectivity index (χ1n) is 7.02. The highest BCUT2D eigenvalue weighted by atomic mass is 32.2. The molecule has 0 aliphatic carbocycles. The number of para-hydroxylation sites is 1. The second-order valence-corrected chi connectivity index (χ2v) is 6.34. The highest BCUT2D eigenvalue weighted by molar-refractivity contribution is 7.99. The topological polar surface area (TPSA) is 100 Å². The van der Waals surface area contributed by atoms with E-state index in [2.05, 4.69) is 29.9 Å². The second-order valence-electron chi connectivity index (χ2n) is 5.01. The molecule has 0 fully saturated rings. The number of thioether (sulfide) groups is 1. The van der Waals surface area contributed by atoms with Crippen molar-refractivity contribution in [2.24, 2.45) is 0 Å². The number of nitrogens with zero attached hydrogens (tertiary/aromatic N) is 4. The lowest BCUT2D eigenvalue weighted by atomic mass is 10.2. The van der Waals surface area contributed by atoms with Crippen LogP contribution in [0.2, 0.25) is 0 Å². The number of aromatic amines is 2. The quantitative estimate of drug-likeness (QED) is 0.443. The van der Waals surface area contributed by atoms with E-state index in [1.165, 1.54) is 18.1 Å². The average molecular weight is 324 g/mol. The minimum Gasteiger partial charge on any atom is -0.341 e. The van der Waals surface area contributed by atoms with Gasteiger partial charge in [-0.3, -0.25) is 4.79 Å². The van der Waals surface area contributed by atoms with E-state index in [9.17, 15) is 4.79 Å². The Labute approximate surface area is 134 Å². The zero-order valence-electron chi connectivity index (χ0n) is 12.1. The first-order valence-corrected chi connectivity index (χ1v) is 7.90. The van der Waals surface area contributed by atoms with Crippen LogP contribution in [-0.4, -0.2) is 29.9 Å². The van der Waals surface area contributed by atoms with Gasteiger partial charge in [-0.2, -0.15) is 0 Å². The predicted molar refractivity (Wildman–Crippen MR) is 88.3 cm³/mol. The Hall–Kier alpha value is -2.74. The Kier molecular flexibility index (Phi) is 3.30. The average Bonchev–Trinajstić information content (AvgIpc) is 3.04. The zero-order chi connectivity index (χ0) is 15.8. The lowest BCUT2D eigenvalue weighted by Gasteiger charge is -2.10. The Morgan fingerprint density at radius 3 is 2.96 bits per heavy atom. The number of rotatable bonds is 3. The fourth-order valence-corrected chi connectivity index (χ4v) is 3.29. The fraction of sp³-hybridized carbons (Fsp3) is 0.133. The van der Waals surface area contributed by atoms with Crippen LogP contribution in [0, 0.1) is 0 Å². The van der Waals surface area contributed by atoms with Crippen molar-refractivity contribution in [3.63, 3.8) is 0 Å². The third-order valence-corrected chi connectivity index (χ3v) is 4.60. The van der Waals surface area contributed by atoms with Crippen molar-refractivity contribution >= 4 is 33.8 Å². The molecule has 1 aromatic carbocycles. The van der Waals surface area contributed by atoms with Crippen LogP contribution in [0.15, 0.2) is 46.7 Å². The van der Waals surface area contributed by atoms with E-state index in [0.29, 0.717) is 22.4 Å². The Bertz CT molecular complexity index is 1060. The zero-order valence-corrected chi connectivity index (χ0v) is 13.0. The second kappa shape index (κ2) is 5.47. The minimum absolute atomic E-state index is 0.0753. The van der Waals surface area contributed by atoms with E-state index in [1.54, 1.807) is 12.4 Å². The molecule has 0 radical (unpaired) electrons. The molecule has 23 heavy (non-hydrogen) atoms. The molecule has 0 aliphatic rings. The number of imidazole rings is 1. The number of fused-ring (bicyclic) bond motifs is 2. The molecule has 8 heteroatoms. The molecule has 3 aromatic heterocycles. The normalized spacial score (nSPS) is 12.7. The maximum absolute atomic E-state index is 12.2. The lowest BCUT2D eigenvalue weighted by Crippen LogP contribution is -2.12. The summed E-state index contributed by atoms with van der Waals surface area (Å²) in [5.74, 6) is 0.616. The number of benzene rings is 1. The van der Waals surface area contributed by atoms with Crippen molar-refractivity contribution < 1.29 is 0 Å². The van der Waals surface area contributed by atoms with Gasteiger partial charge in [0.1, 0.15) is 22.7 Å². The summed E-state index contributed by atoms with van der Waals surface area (Å²) in [6.07, 6.45) is 3.07. The van der Waals surface area contributed by atoms with Gasteiger partial charge in [-0.05, 0) is 19.1 Å². The number of hydrogen-bond acceptors (Lipinski definition) is 6. The SMILES string of the molecule is CC(Sc1ncnc2nc[nH]c12)c1nc2ccccc2c(=O)[nH]1. The van der Waals surface area contributed by atoms with Gasteiger partial charge in [0.25, 0.3) is 5.56 Å². The summed E-state index contributed by atoms with van der Waals surface area (Å²) >= 11 is 1.49. The van der Waals surface area contributed by atoms with E-state index in [-0.39, 0.29) is 10.8 Å². The molecular weight excluding hydrogens is 312 g/mol. The van der Waals surface area contributed by atoms with Crippen LogP contribution in [0.1, 0.15) is 18.0 Å². The summed E-state index contributed by atoms with van der Waals surface area (Å²) in [6.45, 7) is 1.97. The third kappa shape index (κ3) is 2.46. The number of nitrogens with one attached hydrogen (secondary N) is 2. The predicted octanol–water partition coefficient (Wildman–Crippen LogP) is 2.44. The molecule has 1 atom stereocenters. The molecule has 4 aromatic rings. The summed E-state index contributed by atoms with van der Waals surface area (Å²) in [7, 11) is 0. The first-order chi connectivity index (χ1) is 11.2. The summed E-state index contributed by atoms with van der Waals surface area (Å²) in [5, 5.41) is 1.29. The molecule has 114 valence electrons. The number of aromatic nitrogens is 6. The van der Waals surface area contributed by atoms with Crippen molar-refractivity contribution in [1.29, 1.82) is 0 Å². The number of hydrogen-bond donors (Lipinski definition) is 2. The molecule has 2 N–H and O–H groups in total. The molecule has 0 bridgehead atoms. The van der Waals surface area contributed by atoms with Crippen LogP contribution in [0.4, 0.5) is 0 Å². The molecule has 1 unspecified atom stereocenters. The van der Waals surface area contributed by atoms with Gasteiger partial charge in [-0.25, -0.2) is 19.9 Å². The molecule has 7 nitrogen and oxygen atoms in total. The van der Waals surface area contributed by atoms with E-state index < -0.39 is 0 Å². The van der Waals surface area contributed by atoms with Gasteiger partial charge in [-0.15, -0.1) is 0 Å². The van der Waals surface area contributed by atoms with Crippen LogP contribution in [0.5, 0.6) is 0 Å². The first kappa shape index (κ1) is 13.9. The Morgan fingerprint density at radius 2 is 2.04 bits per heavy atom. The van der Waals surface area contributed by atoms with Gasteiger partial charge in [0.15, 0.2) is 5.65 Å². The van der Waals surface area contributed by atoms with Crippen LogP contribution >= 0.6 is 11.8 Å². The lowest BCUT2D eigenvalue weighted by molar-refractivity contribution is 0.918. The maximum Gasteiger partial charge on any atom is 0.258 e. The smallest absolute Gasteiger partial charge is 0.258 e. The van der Waals surface area contributed by atoms with E-state index in [1.807, 2.05) is 25.1 Å². The standard InChI is InChI=1S/C15H12N6OS/c1-8(23-15-11-13(17-6-16-11)18-7-19-15)12-20-10-5-3-2-4-9(10)14(22)21-12/h2-8H,1H3,(H,20,21,22)(H,16,17,18,19). The van der Waals surface area contributed by atoms with Crippen LogP contribution in [-0.2, 0) is 0 Å². The van der Waals surface area contributed by atoms with Crippen molar-refractivity contribution in [1.82, 2.24) is 29.9 Å². The van der Waals surface area contributed by atoms with E-state index in [4.69, 9.17) is 0 Å². The number of H-pyrrole nitrogens is 2. The van der Waals surface area contributed by atoms with Gasteiger partial charge >= 0.3 is 0 Å². The molecule has 0 aliphatic heterocycles. The van der Waals surface area contributed by atoms with Crippen LogP contribution in [0.3, 0.4) is 0 Å². The highest BCUT2D eigenvalue weighted by Crippen LogP contribution is 2.34. The molecule has 0 saturated carbocycles. The van der Waals surface area contributed by atoms with Gasteiger partial charge in [0.05, 0.1) is 22.5 Å². The van der Waals surface area contributed by atoms with Crippen molar-refractivity contribution in [2.45, 2.75) is 17.2 Å². The Balaban J connectivity index is 1.73. The van der Waals surface area contributed by atoms with E-state index >= 15 is 0 Å². The molecule has 3 heterocycles. The van der Waals surface area contributed by atoms with Crippen molar-refractivity contribution in [3.05, 3.63) is 53.1 Å². The third-order valence-electron chi connectivity index (χ3n) is 3.49. The monoisotopic (exact) mass is 324 g/mol. The molecular formula is C15H12N6OS. The fourth-order valence-electron chi connectivity index (χ4n) is 2.35. The summed E-state index contributed by atoms with van der Waals surface area (Å²) in [5.41, 5.74) is 1.96. The van der Waals surface area contributed by atoms with Gasteiger partial charge in [0.2, 0.25) is 0 Å². The summed E-state index contributed by atoms with van der Waals surface area (Å²) < 4.78 is 0. The minimum atomic E-state index is -0.132.